The van der Waals surface area contributed by atoms with Gasteiger partial charge in [0.15, 0.2) is 0 Å². The molecule has 0 radical (unpaired) electrons. The normalized spacial score (nSPS) is 10.8. The van der Waals surface area contributed by atoms with Crippen molar-refractivity contribution in [2.45, 2.75) is 11.9 Å². The number of anilines is 1. The van der Waals surface area contributed by atoms with Crippen LogP contribution >= 0.6 is 34.7 Å². The van der Waals surface area contributed by atoms with E-state index in [2.05, 4.69) is 15.3 Å². The van der Waals surface area contributed by atoms with Crippen molar-refractivity contribution in [2.24, 2.45) is 0 Å². The molecule has 0 bridgehead atoms. The fourth-order valence-electron chi connectivity index (χ4n) is 3.07. The number of esters is 1. The molecule has 6 nitrogen and oxygen atoms in total. The van der Waals surface area contributed by atoms with Gasteiger partial charge in [-0.1, -0.05) is 41.6 Å². The van der Waals surface area contributed by atoms with Gasteiger partial charge in [-0.25, -0.2) is 14.8 Å². The van der Waals surface area contributed by atoms with Crippen LogP contribution in [0.1, 0.15) is 17.3 Å². The molecule has 0 spiro atoms. The molecule has 2 heterocycles. The van der Waals surface area contributed by atoms with E-state index in [9.17, 15) is 9.59 Å². The van der Waals surface area contributed by atoms with E-state index in [1.165, 1.54) is 29.4 Å². The molecule has 2 aromatic heterocycles. The Kier molecular flexibility index (Phi) is 7.04. The minimum absolute atomic E-state index is 0.158. The van der Waals surface area contributed by atoms with Gasteiger partial charge in [-0.05, 0) is 42.8 Å². The Hall–Kier alpha value is -2.94. The van der Waals surface area contributed by atoms with Crippen LogP contribution in [-0.2, 0) is 9.53 Å². The number of carbonyl (C=O) groups is 2. The number of nitrogens with zero attached hydrogens (tertiary/aromatic N) is 2. The lowest BCUT2D eigenvalue weighted by Crippen LogP contribution is -2.15. The molecule has 0 aliphatic heterocycles. The van der Waals surface area contributed by atoms with E-state index in [1.54, 1.807) is 31.2 Å². The lowest BCUT2D eigenvalue weighted by Gasteiger charge is -2.08. The third-order valence-electron chi connectivity index (χ3n) is 4.49. The Morgan fingerprint density at radius 1 is 1.16 bits per heavy atom. The van der Waals surface area contributed by atoms with Gasteiger partial charge in [-0.3, -0.25) is 4.79 Å². The molecule has 2 aromatic carbocycles. The summed E-state index contributed by atoms with van der Waals surface area (Å²) in [6.45, 7) is 2.04. The van der Waals surface area contributed by atoms with Crippen LogP contribution in [0.4, 0.5) is 5.69 Å². The number of fused-ring (bicyclic) bond motifs is 1. The number of hydrogen-bond acceptors (Lipinski definition) is 7. The van der Waals surface area contributed by atoms with Crippen LogP contribution in [0.5, 0.6) is 0 Å². The number of ether oxygens (including phenoxy) is 1. The Morgan fingerprint density at radius 2 is 1.97 bits per heavy atom. The zero-order chi connectivity index (χ0) is 22.5. The second-order valence-electron chi connectivity index (χ2n) is 6.65. The maximum atomic E-state index is 12.6. The van der Waals surface area contributed by atoms with Gasteiger partial charge in [0.1, 0.15) is 16.2 Å². The molecule has 0 fully saturated rings. The van der Waals surface area contributed by atoms with E-state index < -0.39 is 5.97 Å². The van der Waals surface area contributed by atoms with Crippen molar-refractivity contribution in [1.29, 1.82) is 0 Å². The molecule has 1 N–H and O–H groups in total. The van der Waals surface area contributed by atoms with Crippen LogP contribution in [0, 0.1) is 0 Å². The quantitative estimate of drug-likeness (QED) is 0.199. The fourth-order valence-corrected chi connectivity index (χ4v) is 4.99. The Balaban J connectivity index is 1.49. The maximum Gasteiger partial charge on any atom is 0.338 e. The van der Waals surface area contributed by atoms with Gasteiger partial charge in [0.2, 0.25) is 5.91 Å². The van der Waals surface area contributed by atoms with E-state index in [0.29, 0.717) is 22.9 Å². The lowest BCUT2D eigenvalue weighted by molar-refractivity contribution is -0.113. The lowest BCUT2D eigenvalue weighted by atomic mass is 10.1. The molecule has 0 saturated carbocycles. The highest BCUT2D eigenvalue weighted by Crippen LogP contribution is 2.38. The number of nitrogens with one attached hydrogen (secondary N) is 1. The fraction of sp³-hybridized carbons (Fsp3) is 0.130. The summed E-state index contributed by atoms with van der Waals surface area (Å²) in [5.74, 6) is -0.467. The van der Waals surface area contributed by atoms with Crippen LogP contribution in [0.3, 0.4) is 0 Å². The molecule has 0 atom stereocenters. The SMILES string of the molecule is CCOC(=O)c1cccc(NC(=O)CSc2ncnc3scc(-c4ccc(Cl)cc4)c23)c1. The van der Waals surface area contributed by atoms with Crippen LogP contribution in [0.2, 0.25) is 5.02 Å². The standard InChI is InChI=1S/C23H18ClN3O3S2/c1-2-30-23(29)15-4-3-5-17(10-15)27-19(28)12-32-22-20-18(11-31-21(20)25-13-26-22)14-6-8-16(24)9-7-14/h3-11,13H,2,12H2,1H3,(H,27,28). The molecule has 4 rings (SSSR count). The third kappa shape index (κ3) is 5.09. The summed E-state index contributed by atoms with van der Waals surface area (Å²) < 4.78 is 5.00. The summed E-state index contributed by atoms with van der Waals surface area (Å²) in [4.78, 5) is 34.1. The van der Waals surface area contributed by atoms with Crippen LogP contribution in [0.25, 0.3) is 21.3 Å². The molecule has 4 aromatic rings. The predicted octanol–water partition coefficient (Wildman–Crippen LogP) is 5.92. The molecular formula is C23H18ClN3O3S2. The first kappa shape index (κ1) is 22.3. The first-order valence-electron chi connectivity index (χ1n) is 9.73. The van der Waals surface area contributed by atoms with Gasteiger partial charge < -0.3 is 10.1 Å². The summed E-state index contributed by atoms with van der Waals surface area (Å²) in [5.41, 5.74) is 2.94. The summed E-state index contributed by atoms with van der Waals surface area (Å²) >= 11 is 8.89. The van der Waals surface area contributed by atoms with E-state index in [0.717, 1.165) is 26.4 Å². The van der Waals surface area contributed by atoms with Crippen molar-refractivity contribution in [3.8, 4) is 11.1 Å². The van der Waals surface area contributed by atoms with Gasteiger partial charge in [0.25, 0.3) is 0 Å². The van der Waals surface area contributed by atoms with E-state index in [-0.39, 0.29) is 11.7 Å². The van der Waals surface area contributed by atoms with Gasteiger partial charge in [0.05, 0.1) is 23.3 Å². The average Bonchev–Trinajstić information content (AvgIpc) is 3.23. The number of aromatic nitrogens is 2. The van der Waals surface area contributed by atoms with Crippen molar-refractivity contribution in [1.82, 2.24) is 9.97 Å². The summed E-state index contributed by atoms with van der Waals surface area (Å²) in [6, 6.07) is 14.3. The molecular weight excluding hydrogens is 466 g/mol. The number of thioether (sulfide) groups is 1. The first-order chi connectivity index (χ1) is 15.5. The predicted molar refractivity (Wildman–Crippen MR) is 130 cm³/mol. The molecule has 0 aliphatic carbocycles. The highest BCUT2D eigenvalue weighted by atomic mass is 35.5. The topological polar surface area (TPSA) is 81.2 Å². The smallest absolute Gasteiger partial charge is 0.338 e. The molecule has 0 unspecified atom stereocenters. The van der Waals surface area contributed by atoms with Gasteiger partial charge in [-0.15, -0.1) is 11.3 Å². The zero-order valence-electron chi connectivity index (χ0n) is 17.0. The Morgan fingerprint density at radius 3 is 2.75 bits per heavy atom. The number of halogens is 1. The minimum atomic E-state index is -0.423. The molecule has 0 saturated heterocycles. The molecule has 1 amide bonds. The third-order valence-corrected chi connectivity index (χ3v) is 6.62. The van der Waals surface area contributed by atoms with Crippen LogP contribution in [0.15, 0.2) is 65.3 Å². The van der Waals surface area contributed by atoms with Crippen molar-refractivity contribution < 1.29 is 14.3 Å². The molecule has 32 heavy (non-hydrogen) atoms. The van der Waals surface area contributed by atoms with Crippen molar-refractivity contribution in [3.63, 3.8) is 0 Å². The number of amides is 1. The van der Waals surface area contributed by atoms with Gasteiger partial charge in [-0.2, -0.15) is 0 Å². The average molecular weight is 484 g/mol. The van der Waals surface area contributed by atoms with E-state index >= 15 is 0 Å². The summed E-state index contributed by atoms with van der Waals surface area (Å²) in [7, 11) is 0. The first-order valence-corrected chi connectivity index (χ1v) is 12.0. The molecule has 9 heteroatoms. The highest BCUT2D eigenvalue weighted by Gasteiger charge is 2.15. The molecule has 162 valence electrons. The van der Waals surface area contributed by atoms with Crippen molar-refractivity contribution >= 4 is 62.5 Å². The molecule has 0 aliphatic rings. The zero-order valence-corrected chi connectivity index (χ0v) is 19.4. The number of rotatable bonds is 7. The monoisotopic (exact) mass is 483 g/mol. The number of benzene rings is 2. The maximum absolute atomic E-state index is 12.6. The minimum Gasteiger partial charge on any atom is -0.462 e. The second-order valence-corrected chi connectivity index (χ2v) is 8.91. The Bertz CT molecular complexity index is 1280. The largest absolute Gasteiger partial charge is 0.462 e. The van der Waals surface area contributed by atoms with Gasteiger partial charge in [0, 0.05) is 21.7 Å². The summed E-state index contributed by atoms with van der Waals surface area (Å²) in [5, 5.41) is 7.18. The number of carbonyl (C=O) groups excluding carboxylic acids is 2. The van der Waals surface area contributed by atoms with Crippen LogP contribution in [-0.4, -0.2) is 34.2 Å². The Labute approximate surface area is 198 Å². The van der Waals surface area contributed by atoms with Gasteiger partial charge >= 0.3 is 5.97 Å². The summed E-state index contributed by atoms with van der Waals surface area (Å²) in [6.07, 6.45) is 1.51. The van der Waals surface area contributed by atoms with E-state index in [4.69, 9.17) is 16.3 Å². The second kappa shape index (κ2) is 10.1. The van der Waals surface area contributed by atoms with Crippen LogP contribution < -0.4 is 5.32 Å². The van der Waals surface area contributed by atoms with Crippen molar-refractivity contribution in [2.75, 3.05) is 17.7 Å². The van der Waals surface area contributed by atoms with Crippen molar-refractivity contribution in [3.05, 3.63) is 70.8 Å². The highest BCUT2D eigenvalue weighted by molar-refractivity contribution is 8.00. The number of thiophene rings is 1. The van der Waals surface area contributed by atoms with E-state index in [1.807, 2.05) is 29.6 Å². The number of hydrogen-bond donors (Lipinski definition) is 1.